The SMILES string of the molecule is O=C(Cc1ccccc1)NN=Cc1ccc(-c2cccc(Cl)c2)o1. The number of rotatable bonds is 5. The highest BCUT2D eigenvalue weighted by atomic mass is 35.5. The Balaban J connectivity index is 1.58. The molecular weight excluding hydrogens is 324 g/mol. The maximum absolute atomic E-state index is 11.8. The average molecular weight is 339 g/mol. The minimum absolute atomic E-state index is 0.181. The van der Waals surface area contributed by atoms with Crippen molar-refractivity contribution >= 4 is 23.7 Å². The molecule has 2 aromatic carbocycles. The van der Waals surface area contributed by atoms with E-state index in [1.807, 2.05) is 54.6 Å². The Morgan fingerprint density at radius 3 is 2.71 bits per heavy atom. The average Bonchev–Trinajstić information content (AvgIpc) is 3.05. The first kappa shape index (κ1) is 16.0. The number of hydrogen-bond acceptors (Lipinski definition) is 3. The third kappa shape index (κ3) is 4.33. The number of nitrogens with zero attached hydrogens (tertiary/aromatic N) is 1. The highest BCUT2D eigenvalue weighted by molar-refractivity contribution is 6.30. The van der Waals surface area contributed by atoms with E-state index in [2.05, 4.69) is 10.5 Å². The highest BCUT2D eigenvalue weighted by Gasteiger charge is 2.04. The zero-order valence-electron chi connectivity index (χ0n) is 12.8. The van der Waals surface area contributed by atoms with Crippen molar-refractivity contribution in [3.05, 3.63) is 83.1 Å². The van der Waals surface area contributed by atoms with Gasteiger partial charge >= 0.3 is 0 Å². The Morgan fingerprint density at radius 1 is 1.08 bits per heavy atom. The fourth-order valence-electron chi connectivity index (χ4n) is 2.21. The van der Waals surface area contributed by atoms with Crippen LogP contribution in [0.5, 0.6) is 0 Å². The van der Waals surface area contributed by atoms with Gasteiger partial charge in [0.05, 0.1) is 12.6 Å². The van der Waals surface area contributed by atoms with Gasteiger partial charge in [0.25, 0.3) is 0 Å². The topological polar surface area (TPSA) is 54.6 Å². The smallest absolute Gasteiger partial charge is 0.244 e. The molecule has 1 N–H and O–H groups in total. The van der Waals surface area contributed by atoms with E-state index in [0.29, 0.717) is 16.5 Å². The summed E-state index contributed by atoms with van der Waals surface area (Å²) in [5.41, 5.74) is 4.31. The second kappa shape index (κ2) is 7.62. The molecule has 1 aromatic heterocycles. The number of nitrogens with one attached hydrogen (secondary N) is 1. The van der Waals surface area contributed by atoms with E-state index in [4.69, 9.17) is 16.0 Å². The molecule has 0 saturated carbocycles. The largest absolute Gasteiger partial charge is 0.455 e. The summed E-state index contributed by atoms with van der Waals surface area (Å²) in [7, 11) is 0. The molecule has 0 spiro atoms. The lowest BCUT2D eigenvalue weighted by atomic mass is 10.1. The van der Waals surface area contributed by atoms with Crippen molar-refractivity contribution in [1.29, 1.82) is 0 Å². The Bertz CT molecular complexity index is 857. The molecule has 0 fully saturated rings. The van der Waals surface area contributed by atoms with Crippen LogP contribution in [-0.2, 0) is 11.2 Å². The number of benzene rings is 2. The van der Waals surface area contributed by atoms with Crippen LogP contribution < -0.4 is 5.43 Å². The molecule has 0 aliphatic rings. The van der Waals surface area contributed by atoms with Crippen molar-refractivity contribution in [1.82, 2.24) is 5.43 Å². The van der Waals surface area contributed by atoms with Gasteiger partial charge in [0.15, 0.2) is 0 Å². The first-order valence-electron chi connectivity index (χ1n) is 7.42. The zero-order valence-corrected chi connectivity index (χ0v) is 13.5. The van der Waals surface area contributed by atoms with Crippen LogP contribution in [0.25, 0.3) is 11.3 Å². The Labute approximate surface area is 144 Å². The summed E-state index contributed by atoms with van der Waals surface area (Å²) in [6, 6.07) is 20.5. The van der Waals surface area contributed by atoms with Gasteiger partial charge in [-0.2, -0.15) is 5.10 Å². The van der Waals surface area contributed by atoms with E-state index in [9.17, 15) is 4.79 Å². The molecule has 4 nitrogen and oxygen atoms in total. The van der Waals surface area contributed by atoms with Crippen LogP contribution in [0.2, 0.25) is 5.02 Å². The molecule has 3 aromatic rings. The van der Waals surface area contributed by atoms with E-state index in [1.165, 1.54) is 6.21 Å². The molecule has 0 saturated heterocycles. The predicted octanol–water partition coefficient (Wildman–Crippen LogP) is 4.29. The van der Waals surface area contributed by atoms with Gasteiger partial charge < -0.3 is 4.42 Å². The lowest BCUT2D eigenvalue weighted by molar-refractivity contribution is -0.120. The Kier molecular flexibility index (Phi) is 5.08. The lowest BCUT2D eigenvalue weighted by Crippen LogP contribution is -2.19. The molecule has 0 radical (unpaired) electrons. The Hall–Kier alpha value is -2.85. The number of hydrogen-bond donors (Lipinski definition) is 1. The standard InChI is InChI=1S/C19H15ClN2O2/c20-16-8-4-7-15(12-16)18-10-9-17(24-18)13-21-22-19(23)11-14-5-2-1-3-6-14/h1-10,12-13H,11H2,(H,22,23). The molecule has 0 unspecified atom stereocenters. The van der Waals surface area contributed by atoms with Crippen LogP contribution in [-0.4, -0.2) is 12.1 Å². The summed E-state index contributed by atoms with van der Waals surface area (Å²) in [6.45, 7) is 0. The van der Waals surface area contributed by atoms with Crippen molar-refractivity contribution in [2.75, 3.05) is 0 Å². The summed E-state index contributed by atoms with van der Waals surface area (Å²) in [5.74, 6) is 1.05. The second-order valence-electron chi connectivity index (χ2n) is 5.17. The van der Waals surface area contributed by atoms with Crippen molar-refractivity contribution in [3.8, 4) is 11.3 Å². The number of amides is 1. The molecule has 3 rings (SSSR count). The van der Waals surface area contributed by atoms with Gasteiger partial charge in [0.1, 0.15) is 11.5 Å². The minimum atomic E-state index is -0.181. The molecule has 0 aliphatic carbocycles. The van der Waals surface area contributed by atoms with Crippen LogP contribution >= 0.6 is 11.6 Å². The molecule has 5 heteroatoms. The summed E-state index contributed by atoms with van der Waals surface area (Å²) >= 11 is 5.97. The van der Waals surface area contributed by atoms with E-state index in [0.717, 1.165) is 11.1 Å². The van der Waals surface area contributed by atoms with E-state index >= 15 is 0 Å². The number of carbonyl (C=O) groups is 1. The van der Waals surface area contributed by atoms with Gasteiger partial charge in [-0.15, -0.1) is 0 Å². The molecule has 0 bridgehead atoms. The van der Waals surface area contributed by atoms with Gasteiger partial charge in [-0.3, -0.25) is 4.79 Å². The molecule has 1 heterocycles. The monoisotopic (exact) mass is 338 g/mol. The summed E-state index contributed by atoms with van der Waals surface area (Å²) < 4.78 is 5.67. The maximum Gasteiger partial charge on any atom is 0.244 e. The number of hydrazone groups is 1. The predicted molar refractivity (Wildman–Crippen MR) is 95.0 cm³/mol. The van der Waals surface area contributed by atoms with Crippen LogP contribution in [0.15, 0.2) is 76.2 Å². The molecule has 0 aliphatic heterocycles. The quantitative estimate of drug-likeness (QED) is 0.557. The van der Waals surface area contributed by atoms with Gasteiger partial charge in [0.2, 0.25) is 5.91 Å². The van der Waals surface area contributed by atoms with Crippen LogP contribution in [0.4, 0.5) is 0 Å². The third-order valence-electron chi connectivity index (χ3n) is 3.32. The second-order valence-corrected chi connectivity index (χ2v) is 5.60. The van der Waals surface area contributed by atoms with E-state index in [-0.39, 0.29) is 12.3 Å². The fraction of sp³-hybridized carbons (Fsp3) is 0.0526. The van der Waals surface area contributed by atoms with Gasteiger partial charge in [-0.05, 0) is 29.8 Å². The number of halogens is 1. The lowest BCUT2D eigenvalue weighted by Gasteiger charge is -1.99. The van der Waals surface area contributed by atoms with Crippen LogP contribution in [0.1, 0.15) is 11.3 Å². The summed E-state index contributed by atoms with van der Waals surface area (Å²) in [6.07, 6.45) is 1.75. The highest BCUT2D eigenvalue weighted by Crippen LogP contribution is 2.24. The van der Waals surface area contributed by atoms with Crippen LogP contribution in [0.3, 0.4) is 0 Å². The van der Waals surface area contributed by atoms with Gasteiger partial charge in [-0.1, -0.05) is 54.1 Å². The first-order chi connectivity index (χ1) is 11.7. The van der Waals surface area contributed by atoms with E-state index in [1.54, 1.807) is 12.1 Å². The normalized spacial score (nSPS) is 10.9. The van der Waals surface area contributed by atoms with Crippen molar-refractivity contribution in [3.63, 3.8) is 0 Å². The minimum Gasteiger partial charge on any atom is -0.455 e. The van der Waals surface area contributed by atoms with E-state index < -0.39 is 0 Å². The number of carbonyl (C=O) groups excluding carboxylic acids is 1. The van der Waals surface area contributed by atoms with Crippen molar-refractivity contribution < 1.29 is 9.21 Å². The molecule has 120 valence electrons. The summed E-state index contributed by atoms with van der Waals surface area (Å²) in [4.78, 5) is 11.8. The Morgan fingerprint density at radius 2 is 1.92 bits per heavy atom. The third-order valence-corrected chi connectivity index (χ3v) is 3.56. The molecule has 1 amide bonds. The molecular formula is C19H15ClN2O2. The van der Waals surface area contributed by atoms with Crippen LogP contribution in [0, 0.1) is 0 Å². The fourth-order valence-corrected chi connectivity index (χ4v) is 2.40. The maximum atomic E-state index is 11.8. The number of furan rings is 1. The summed E-state index contributed by atoms with van der Waals surface area (Å²) in [5, 5.41) is 4.56. The van der Waals surface area contributed by atoms with Crippen molar-refractivity contribution in [2.24, 2.45) is 5.10 Å². The zero-order chi connectivity index (χ0) is 16.8. The van der Waals surface area contributed by atoms with Gasteiger partial charge in [-0.25, -0.2) is 5.43 Å². The first-order valence-corrected chi connectivity index (χ1v) is 7.80. The molecule has 0 atom stereocenters. The van der Waals surface area contributed by atoms with Crippen molar-refractivity contribution in [2.45, 2.75) is 6.42 Å². The van der Waals surface area contributed by atoms with Gasteiger partial charge in [0, 0.05) is 10.6 Å². The molecule has 24 heavy (non-hydrogen) atoms.